The smallest absolute Gasteiger partial charge is 0.319 e. The number of carbonyl (C=O) groups excluding carboxylic acids is 1. The SMILES string of the molecule is COc1ccccc1-c1cccc(NC(=O)NC2CCc3ccc(O)cc32)c1. The van der Waals surface area contributed by atoms with Gasteiger partial charge in [-0.3, -0.25) is 0 Å². The van der Waals surface area contributed by atoms with Crippen molar-refractivity contribution in [2.75, 3.05) is 12.4 Å². The number of rotatable bonds is 4. The van der Waals surface area contributed by atoms with Crippen molar-refractivity contribution in [2.45, 2.75) is 18.9 Å². The van der Waals surface area contributed by atoms with E-state index < -0.39 is 0 Å². The largest absolute Gasteiger partial charge is 0.508 e. The lowest BCUT2D eigenvalue weighted by Gasteiger charge is -2.16. The first kappa shape index (κ1) is 17.9. The van der Waals surface area contributed by atoms with E-state index in [1.54, 1.807) is 19.2 Å². The normalized spacial score (nSPS) is 15.0. The summed E-state index contributed by atoms with van der Waals surface area (Å²) >= 11 is 0. The second kappa shape index (κ2) is 7.64. The van der Waals surface area contributed by atoms with E-state index in [0.29, 0.717) is 5.69 Å². The van der Waals surface area contributed by atoms with Crippen molar-refractivity contribution in [2.24, 2.45) is 0 Å². The van der Waals surface area contributed by atoms with E-state index in [-0.39, 0.29) is 17.8 Å². The minimum absolute atomic E-state index is 0.0977. The molecule has 5 heteroatoms. The lowest BCUT2D eigenvalue weighted by molar-refractivity contribution is 0.248. The van der Waals surface area contributed by atoms with Gasteiger partial charge in [-0.25, -0.2) is 4.79 Å². The van der Waals surface area contributed by atoms with Crippen LogP contribution in [0.15, 0.2) is 66.7 Å². The average molecular weight is 374 g/mol. The highest BCUT2D eigenvalue weighted by atomic mass is 16.5. The molecule has 3 aromatic rings. The maximum absolute atomic E-state index is 12.5. The van der Waals surface area contributed by atoms with Gasteiger partial charge in [0.25, 0.3) is 0 Å². The zero-order valence-corrected chi connectivity index (χ0v) is 15.6. The number of aromatic hydroxyl groups is 1. The molecule has 1 aliphatic carbocycles. The van der Waals surface area contributed by atoms with Crippen molar-refractivity contribution in [3.05, 3.63) is 77.9 Å². The number of urea groups is 1. The minimum atomic E-state index is -0.265. The molecule has 0 aromatic heterocycles. The topological polar surface area (TPSA) is 70.6 Å². The number of ether oxygens (including phenoxy) is 1. The van der Waals surface area contributed by atoms with Crippen molar-refractivity contribution in [1.29, 1.82) is 0 Å². The van der Waals surface area contributed by atoms with Crippen LogP contribution in [0.5, 0.6) is 11.5 Å². The van der Waals surface area contributed by atoms with Crippen LogP contribution >= 0.6 is 0 Å². The van der Waals surface area contributed by atoms with E-state index in [4.69, 9.17) is 4.74 Å². The molecule has 0 radical (unpaired) electrons. The highest BCUT2D eigenvalue weighted by Crippen LogP contribution is 2.34. The summed E-state index contributed by atoms with van der Waals surface area (Å²) < 4.78 is 5.43. The molecule has 1 atom stereocenters. The van der Waals surface area contributed by atoms with Crippen molar-refractivity contribution < 1.29 is 14.6 Å². The summed E-state index contributed by atoms with van der Waals surface area (Å²) in [5.41, 5.74) is 4.79. The number of hydrogen-bond acceptors (Lipinski definition) is 3. The van der Waals surface area contributed by atoms with Crippen LogP contribution in [0.3, 0.4) is 0 Å². The Balaban J connectivity index is 1.48. The van der Waals surface area contributed by atoms with E-state index in [1.807, 2.05) is 54.6 Å². The van der Waals surface area contributed by atoms with Crippen LogP contribution < -0.4 is 15.4 Å². The molecule has 3 N–H and O–H groups in total. The molecule has 1 unspecified atom stereocenters. The monoisotopic (exact) mass is 374 g/mol. The fourth-order valence-electron chi connectivity index (χ4n) is 3.71. The van der Waals surface area contributed by atoms with Gasteiger partial charge < -0.3 is 20.5 Å². The Morgan fingerprint density at radius 3 is 2.79 bits per heavy atom. The number of phenolic OH excluding ortho intramolecular Hbond substituents is 1. The van der Waals surface area contributed by atoms with Gasteiger partial charge >= 0.3 is 6.03 Å². The molecular weight excluding hydrogens is 352 g/mol. The van der Waals surface area contributed by atoms with Crippen LogP contribution in [0.25, 0.3) is 11.1 Å². The molecule has 1 aliphatic rings. The highest BCUT2D eigenvalue weighted by molar-refractivity contribution is 5.90. The minimum Gasteiger partial charge on any atom is -0.508 e. The number of phenols is 1. The summed E-state index contributed by atoms with van der Waals surface area (Å²) in [6.07, 6.45) is 1.72. The molecule has 0 saturated heterocycles. The van der Waals surface area contributed by atoms with Crippen molar-refractivity contribution >= 4 is 11.7 Å². The Bertz CT molecular complexity index is 1020. The standard InChI is InChI=1S/C23H22N2O3/c1-28-22-8-3-2-7-19(22)16-5-4-6-17(13-16)24-23(27)25-21-12-10-15-9-11-18(26)14-20(15)21/h2-9,11,13-14,21,26H,10,12H2,1H3,(H2,24,25,27). The van der Waals surface area contributed by atoms with E-state index in [9.17, 15) is 9.90 Å². The van der Waals surface area contributed by atoms with Gasteiger partial charge in [0.05, 0.1) is 13.2 Å². The van der Waals surface area contributed by atoms with E-state index in [1.165, 1.54) is 5.56 Å². The molecule has 0 saturated carbocycles. The zero-order valence-electron chi connectivity index (χ0n) is 15.6. The van der Waals surface area contributed by atoms with Gasteiger partial charge in [-0.15, -0.1) is 0 Å². The summed E-state index contributed by atoms with van der Waals surface area (Å²) in [6, 6.07) is 20.4. The van der Waals surface area contributed by atoms with Crippen molar-refractivity contribution in [3.63, 3.8) is 0 Å². The molecule has 0 spiro atoms. The predicted octanol–water partition coefficient (Wildman–Crippen LogP) is 4.88. The Morgan fingerprint density at radius 1 is 1.07 bits per heavy atom. The second-order valence-corrected chi connectivity index (χ2v) is 6.85. The van der Waals surface area contributed by atoms with Crippen molar-refractivity contribution in [1.82, 2.24) is 5.32 Å². The van der Waals surface area contributed by atoms with Crippen LogP contribution in [-0.2, 0) is 6.42 Å². The van der Waals surface area contributed by atoms with Gasteiger partial charge in [0.2, 0.25) is 0 Å². The molecule has 2 amide bonds. The van der Waals surface area contributed by atoms with Gasteiger partial charge in [-0.05, 0) is 59.9 Å². The molecule has 28 heavy (non-hydrogen) atoms. The summed E-state index contributed by atoms with van der Waals surface area (Å²) in [7, 11) is 1.64. The number of benzene rings is 3. The van der Waals surface area contributed by atoms with Crippen LogP contribution in [-0.4, -0.2) is 18.2 Å². The molecule has 5 nitrogen and oxygen atoms in total. The third kappa shape index (κ3) is 3.64. The van der Waals surface area contributed by atoms with Gasteiger partial charge in [-0.1, -0.05) is 36.4 Å². The van der Waals surface area contributed by atoms with E-state index in [0.717, 1.165) is 35.3 Å². The van der Waals surface area contributed by atoms with Gasteiger partial charge in [0.15, 0.2) is 0 Å². The number of nitrogens with one attached hydrogen (secondary N) is 2. The number of amides is 2. The van der Waals surface area contributed by atoms with Gasteiger partial charge in [0.1, 0.15) is 11.5 Å². The Kier molecular flexibility index (Phi) is 4.89. The fraction of sp³-hybridized carbons (Fsp3) is 0.174. The number of hydrogen-bond donors (Lipinski definition) is 3. The van der Waals surface area contributed by atoms with Crippen molar-refractivity contribution in [3.8, 4) is 22.6 Å². The summed E-state index contributed by atoms with van der Waals surface area (Å²) in [5.74, 6) is 1.00. The maximum Gasteiger partial charge on any atom is 0.319 e. The second-order valence-electron chi connectivity index (χ2n) is 6.85. The number of aryl methyl sites for hydroxylation is 1. The Labute approximate surface area is 164 Å². The number of fused-ring (bicyclic) bond motifs is 1. The highest BCUT2D eigenvalue weighted by Gasteiger charge is 2.24. The summed E-state index contributed by atoms with van der Waals surface area (Å²) in [6.45, 7) is 0. The van der Waals surface area contributed by atoms with E-state index in [2.05, 4.69) is 10.6 Å². The molecule has 4 rings (SSSR count). The maximum atomic E-state index is 12.5. The molecule has 0 aliphatic heterocycles. The van der Waals surface area contributed by atoms with Crippen LogP contribution in [0.1, 0.15) is 23.6 Å². The van der Waals surface area contributed by atoms with Crippen LogP contribution in [0, 0.1) is 0 Å². The number of carbonyl (C=O) groups is 1. The summed E-state index contributed by atoms with van der Waals surface area (Å²) in [5, 5.41) is 15.6. The van der Waals surface area contributed by atoms with Gasteiger partial charge in [-0.2, -0.15) is 0 Å². The first-order valence-corrected chi connectivity index (χ1v) is 9.27. The van der Waals surface area contributed by atoms with Crippen LogP contribution in [0.4, 0.5) is 10.5 Å². The lowest BCUT2D eigenvalue weighted by atomic mass is 10.0. The Hall–Kier alpha value is -3.47. The fourth-order valence-corrected chi connectivity index (χ4v) is 3.71. The number of para-hydroxylation sites is 1. The predicted molar refractivity (Wildman–Crippen MR) is 110 cm³/mol. The Morgan fingerprint density at radius 2 is 1.93 bits per heavy atom. The summed E-state index contributed by atoms with van der Waals surface area (Å²) in [4.78, 5) is 12.5. The molecular formula is C23H22N2O3. The third-order valence-corrected chi connectivity index (χ3v) is 5.05. The molecule has 0 heterocycles. The molecule has 0 fully saturated rings. The number of anilines is 1. The molecule has 0 bridgehead atoms. The number of methoxy groups -OCH3 is 1. The molecule has 142 valence electrons. The van der Waals surface area contributed by atoms with E-state index >= 15 is 0 Å². The first-order chi connectivity index (χ1) is 13.6. The quantitative estimate of drug-likeness (QED) is 0.610. The lowest BCUT2D eigenvalue weighted by Crippen LogP contribution is -2.31. The van der Waals surface area contributed by atoms with Crippen LogP contribution in [0.2, 0.25) is 0 Å². The third-order valence-electron chi connectivity index (χ3n) is 5.05. The average Bonchev–Trinajstić information content (AvgIpc) is 3.10. The zero-order chi connectivity index (χ0) is 19.5. The molecule has 3 aromatic carbocycles. The first-order valence-electron chi connectivity index (χ1n) is 9.27. The van der Waals surface area contributed by atoms with Gasteiger partial charge in [0, 0.05) is 11.3 Å².